The molecule has 31 heavy (non-hydrogen) atoms. The number of aromatic nitrogens is 1. The van der Waals surface area contributed by atoms with Crippen molar-refractivity contribution in [2.45, 2.75) is 25.6 Å². The molecule has 1 saturated heterocycles. The van der Waals surface area contributed by atoms with Crippen LogP contribution in [0.3, 0.4) is 0 Å². The zero-order chi connectivity index (χ0) is 22.2. The number of esters is 2. The third-order valence-electron chi connectivity index (χ3n) is 5.16. The van der Waals surface area contributed by atoms with Crippen LogP contribution in [0.25, 0.3) is 10.9 Å². The van der Waals surface area contributed by atoms with Crippen LogP contribution in [-0.2, 0) is 19.1 Å². The standard InChI is InChI=1S/C24H22ClNO5/c1-4-11-29-19-10-9-14(12-17(19)25)20(16-13-26-18-8-6-5-7-15(16)18)21-22(27)30-24(2,3)31-23(21)28/h4-10,12-13,20-21,26H,1,11H2,2-3H3/t20-/m1/s1. The van der Waals surface area contributed by atoms with Gasteiger partial charge < -0.3 is 19.2 Å². The van der Waals surface area contributed by atoms with Crippen molar-refractivity contribution in [2.75, 3.05) is 6.61 Å². The van der Waals surface area contributed by atoms with Gasteiger partial charge in [0.15, 0.2) is 5.92 Å². The van der Waals surface area contributed by atoms with Crippen molar-refractivity contribution in [3.8, 4) is 5.75 Å². The van der Waals surface area contributed by atoms with Crippen molar-refractivity contribution in [1.29, 1.82) is 0 Å². The first-order chi connectivity index (χ1) is 14.8. The van der Waals surface area contributed by atoms with Crippen molar-refractivity contribution in [1.82, 2.24) is 4.98 Å². The molecule has 0 aliphatic carbocycles. The van der Waals surface area contributed by atoms with Gasteiger partial charge in [0.05, 0.1) is 5.02 Å². The molecule has 1 fully saturated rings. The molecule has 2 heterocycles. The maximum absolute atomic E-state index is 13.0. The number of nitrogens with one attached hydrogen (secondary N) is 1. The Balaban J connectivity index is 1.84. The quantitative estimate of drug-likeness (QED) is 0.333. The number of ether oxygens (including phenoxy) is 3. The minimum Gasteiger partial charge on any atom is -0.488 e. The van der Waals surface area contributed by atoms with E-state index >= 15 is 0 Å². The Morgan fingerprint density at radius 3 is 2.58 bits per heavy atom. The van der Waals surface area contributed by atoms with Crippen LogP contribution >= 0.6 is 11.6 Å². The van der Waals surface area contributed by atoms with E-state index in [1.807, 2.05) is 24.3 Å². The molecular weight excluding hydrogens is 418 g/mol. The number of halogens is 1. The second kappa shape index (κ2) is 8.12. The van der Waals surface area contributed by atoms with Gasteiger partial charge in [-0.1, -0.05) is 48.5 Å². The lowest BCUT2D eigenvalue weighted by Gasteiger charge is -2.36. The first-order valence-electron chi connectivity index (χ1n) is 9.85. The summed E-state index contributed by atoms with van der Waals surface area (Å²) in [5.41, 5.74) is 2.32. The van der Waals surface area contributed by atoms with Crippen LogP contribution in [0.15, 0.2) is 61.3 Å². The smallest absolute Gasteiger partial charge is 0.324 e. The number of carbonyl (C=O) groups is 2. The zero-order valence-corrected chi connectivity index (χ0v) is 17.9. The molecule has 7 heteroatoms. The summed E-state index contributed by atoms with van der Waals surface area (Å²) in [7, 11) is 0. The van der Waals surface area contributed by atoms with Gasteiger partial charge in [0.25, 0.3) is 5.79 Å². The number of benzene rings is 2. The highest BCUT2D eigenvalue weighted by Gasteiger charge is 2.48. The molecule has 1 aliphatic heterocycles. The molecular formula is C24H22ClNO5. The predicted octanol–water partition coefficient (Wildman–Crippen LogP) is 4.97. The molecule has 0 amide bonds. The molecule has 2 aromatic carbocycles. The van der Waals surface area contributed by atoms with E-state index in [0.717, 1.165) is 16.5 Å². The van der Waals surface area contributed by atoms with Gasteiger partial charge >= 0.3 is 11.9 Å². The van der Waals surface area contributed by atoms with Gasteiger partial charge in [-0.15, -0.1) is 0 Å². The monoisotopic (exact) mass is 439 g/mol. The average Bonchev–Trinajstić information content (AvgIpc) is 3.13. The highest BCUT2D eigenvalue weighted by Crippen LogP contribution is 2.42. The minimum absolute atomic E-state index is 0.307. The van der Waals surface area contributed by atoms with E-state index in [4.69, 9.17) is 25.8 Å². The normalized spacial score (nSPS) is 17.1. The van der Waals surface area contributed by atoms with Gasteiger partial charge in [-0.05, 0) is 29.3 Å². The summed E-state index contributed by atoms with van der Waals surface area (Å²) < 4.78 is 16.4. The fourth-order valence-corrected chi connectivity index (χ4v) is 4.12. The fraction of sp³-hybridized carbons (Fsp3) is 0.250. The Morgan fingerprint density at radius 1 is 1.19 bits per heavy atom. The molecule has 3 aromatic rings. The van der Waals surface area contributed by atoms with Crippen LogP contribution in [0.2, 0.25) is 5.02 Å². The van der Waals surface area contributed by atoms with Crippen molar-refractivity contribution < 1.29 is 23.8 Å². The van der Waals surface area contributed by atoms with Gasteiger partial charge in [0.1, 0.15) is 12.4 Å². The first-order valence-corrected chi connectivity index (χ1v) is 10.2. The number of fused-ring (bicyclic) bond motifs is 1. The molecule has 6 nitrogen and oxygen atoms in total. The van der Waals surface area contributed by atoms with Gasteiger partial charge in [0, 0.05) is 36.9 Å². The van der Waals surface area contributed by atoms with Crippen LogP contribution < -0.4 is 4.74 Å². The number of hydrogen-bond donors (Lipinski definition) is 1. The summed E-state index contributed by atoms with van der Waals surface area (Å²) in [4.78, 5) is 29.1. The molecule has 1 N–H and O–H groups in total. The Labute approximate surface area is 184 Å². The molecule has 1 aromatic heterocycles. The van der Waals surface area contributed by atoms with E-state index in [1.165, 1.54) is 13.8 Å². The summed E-state index contributed by atoms with van der Waals surface area (Å²) in [6.07, 6.45) is 3.42. The zero-order valence-electron chi connectivity index (χ0n) is 17.2. The van der Waals surface area contributed by atoms with Gasteiger partial charge in [-0.3, -0.25) is 9.59 Å². The largest absolute Gasteiger partial charge is 0.488 e. The van der Waals surface area contributed by atoms with E-state index < -0.39 is 29.6 Å². The first kappa shape index (κ1) is 21.0. The number of carbonyl (C=O) groups excluding carboxylic acids is 2. The summed E-state index contributed by atoms with van der Waals surface area (Å²) in [6, 6.07) is 12.9. The summed E-state index contributed by atoms with van der Waals surface area (Å²) in [5.74, 6) is -3.95. The highest BCUT2D eigenvalue weighted by molar-refractivity contribution is 6.32. The number of aromatic amines is 1. The lowest BCUT2D eigenvalue weighted by atomic mass is 9.80. The lowest BCUT2D eigenvalue weighted by molar-refractivity contribution is -0.240. The fourth-order valence-electron chi connectivity index (χ4n) is 3.88. The molecule has 0 unspecified atom stereocenters. The molecule has 160 valence electrons. The number of H-pyrrole nitrogens is 1. The predicted molar refractivity (Wildman–Crippen MR) is 117 cm³/mol. The Hall–Kier alpha value is -3.25. The summed E-state index contributed by atoms with van der Waals surface area (Å²) in [5, 5.41) is 1.25. The average molecular weight is 440 g/mol. The van der Waals surface area contributed by atoms with Crippen molar-refractivity contribution in [3.63, 3.8) is 0 Å². The Kier molecular flexibility index (Phi) is 5.50. The second-order valence-corrected chi connectivity index (χ2v) is 8.18. The third-order valence-corrected chi connectivity index (χ3v) is 5.46. The third kappa shape index (κ3) is 4.03. The summed E-state index contributed by atoms with van der Waals surface area (Å²) >= 11 is 6.45. The number of cyclic esters (lactones) is 2. The van der Waals surface area contributed by atoms with E-state index in [2.05, 4.69) is 11.6 Å². The molecule has 0 radical (unpaired) electrons. The molecule has 0 spiro atoms. The number of rotatable bonds is 6. The number of para-hydroxylation sites is 1. The molecule has 0 bridgehead atoms. The van der Waals surface area contributed by atoms with E-state index in [1.54, 1.807) is 30.5 Å². The topological polar surface area (TPSA) is 77.6 Å². The maximum Gasteiger partial charge on any atom is 0.324 e. The van der Waals surface area contributed by atoms with Gasteiger partial charge in [-0.25, -0.2) is 0 Å². The number of hydrogen-bond acceptors (Lipinski definition) is 5. The minimum atomic E-state index is -1.31. The van der Waals surface area contributed by atoms with Crippen LogP contribution in [-0.4, -0.2) is 29.3 Å². The van der Waals surface area contributed by atoms with Crippen LogP contribution in [0.4, 0.5) is 0 Å². The van der Waals surface area contributed by atoms with Gasteiger partial charge in [-0.2, -0.15) is 0 Å². The SMILES string of the molecule is C=CCOc1ccc([C@H](c2c[nH]c3ccccc23)C2C(=O)OC(C)(C)OC2=O)cc1Cl. The lowest BCUT2D eigenvalue weighted by Crippen LogP contribution is -2.48. The molecule has 1 atom stereocenters. The van der Waals surface area contributed by atoms with Crippen LogP contribution in [0.5, 0.6) is 5.75 Å². The second-order valence-electron chi connectivity index (χ2n) is 7.78. The summed E-state index contributed by atoms with van der Waals surface area (Å²) in [6.45, 7) is 7.00. The van der Waals surface area contributed by atoms with E-state index in [-0.39, 0.29) is 0 Å². The van der Waals surface area contributed by atoms with E-state index in [9.17, 15) is 9.59 Å². The van der Waals surface area contributed by atoms with Crippen LogP contribution in [0.1, 0.15) is 30.9 Å². The molecule has 4 rings (SSSR count). The van der Waals surface area contributed by atoms with Crippen molar-refractivity contribution >= 4 is 34.4 Å². The van der Waals surface area contributed by atoms with Gasteiger partial charge in [0.2, 0.25) is 0 Å². The Bertz CT molecular complexity index is 1150. The maximum atomic E-state index is 13.0. The van der Waals surface area contributed by atoms with E-state index in [0.29, 0.717) is 22.9 Å². The van der Waals surface area contributed by atoms with Crippen molar-refractivity contribution in [3.05, 3.63) is 77.5 Å². The van der Waals surface area contributed by atoms with Crippen molar-refractivity contribution in [2.24, 2.45) is 5.92 Å². The van der Waals surface area contributed by atoms with Crippen LogP contribution in [0, 0.1) is 5.92 Å². The molecule has 0 saturated carbocycles. The highest BCUT2D eigenvalue weighted by atomic mass is 35.5. The Morgan fingerprint density at radius 2 is 1.90 bits per heavy atom. The molecule has 1 aliphatic rings.